The molecule has 0 bridgehead atoms. The third kappa shape index (κ3) is 2.88. The standard InChI is InChI=1S/C14H13F2NO2/c1-19-13-8-17-6-5-10(13)12(18)7-9-3-2-4-11(15)14(9)16/h2-6,8,12,18H,7H2,1H3. The predicted octanol–water partition coefficient (Wildman–Crippen LogP) is 2.64. The summed E-state index contributed by atoms with van der Waals surface area (Å²) < 4.78 is 31.7. The van der Waals surface area contributed by atoms with Crippen molar-refractivity contribution in [1.29, 1.82) is 0 Å². The van der Waals surface area contributed by atoms with E-state index in [0.29, 0.717) is 11.3 Å². The second-order valence-corrected chi connectivity index (χ2v) is 4.05. The van der Waals surface area contributed by atoms with E-state index in [1.165, 1.54) is 31.6 Å². The molecule has 5 heteroatoms. The summed E-state index contributed by atoms with van der Waals surface area (Å²) in [5.74, 6) is -1.45. The zero-order valence-corrected chi connectivity index (χ0v) is 10.3. The molecule has 0 saturated carbocycles. The summed E-state index contributed by atoms with van der Waals surface area (Å²) in [5, 5.41) is 10.1. The molecule has 2 aromatic rings. The van der Waals surface area contributed by atoms with Crippen LogP contribution in [-0.2, 0) is 6.42 Å². The lowest BCUT2D eigenvalue weighted by atomic mass is 10.0. The highest BCUT2D eigenvalue weighted by Crippen LogP contribution is 2.27. The highest BCUT2D eigenvalue weighted by molar-refractivity contribution is 5.33. The van der Waals surface area contributed by atoms with E-state index in [1.54, 1.807) is 6.07 Å². The topological polar surface area (TPSA) is 42.4 Å². The van der Waals surface area contributed by atoms with Gasteiger partial charge in [0.2, 0.25) is 0 Å². The van der Waals surface area contributed by atoms with Crippen LogP contribution in [0.25, 0.3) is 0 Å². The summed E-state index contributed by atoms with van der Waals surface area (Å²) in [7, 11) is 1.45. The maximum absolute atomic E-state index is 13.5. The van der Waals surface area contributed by atoms with Gasteiger partial charge in [-0.3, -0.25) is 4.98 Å². The van der Waals surface area contributed by atoms with Crippen LogP contribution in [-0.4, -0.2) is 17.2 Å². The Morgan fingerprint density at radius 2 is 2.11 bits per heavy atom. The van der Waals surface area contributed by atoms with Crippen LogP contribution < -0.4 is 4.74 Å². The Balaban J connectivity index is 2.26. The third-order valence-corrected chi connectivity index (χ3v) is 2.84. The number of aromatic nitrogens is 1. The first-order valence-electron chi connectivity index (χ1n) is 5.72. The second kappa shape index (κ2) is 5.75. The lowest BCUT2D eigenvalue weighted by molar-refractivity contribution is 0.172. The van der Waals surface area contributed by atoms with Gasteiger partial charge in [-0.25, -0.2) is 8.78 Å². The average Bonchev–Trinajstić information content (AvgIpc) is 2.43. The number of hydrogen-bond donors (Lipinski definition) is 1. The minimum Gasteiger partial charge on any atom is -0.495 e. The molecular formula is C14H13F2NO2. The number of halogens is 2. The molecule has 1 heterocycles. The van der Waals surface area contributed by atoms with Crippen LogP contribution in [0.1, 0.15) is 17.2 Å². The Morgan fingerprint density at radius 1 is 1.32 bits per heavy atom. The first-order chi connectivity index (χ1) is 9.13. The molecule has 0 amide bonds. The van der Waals surface area contributed by atoms with Crippen molar-refractivity contribution in [2.24, 2.45) is 0 Å². The van der Waals surface area contributed by atoms with Crippen molar-refractivity contribution in [1.82, 2.24) is 4.98 Å². The van der Waals surface area contributed by atoms with E-state index in [4.69, 9.17) is 4.74 Å². The van der Waals surface area contributed by atoms with Gasteiger partial charge in [0.25, 0.3) is 0 Å². The minimum atomic E-state index is -0.991. The lowest BCUT2D eigenvalue weighted by Gasteiger charge is -2.14. The molecule has 0 fully saturated rings. The van der Waals surface area contributed by atoms with E-state index in [-0.39, 0.29) is 12.0 Å². The molecular weight excluding hydrogens is 252 g/mol. The second-order valence-electron chi connectivity index (χ2n) is 4.05. The number of benzene rings is 1. The summed E-state index contributed by atoms with van der Waals surface area (Å²) in [6.07, 6.45) is 1.93. The van der Waals surface area contributed by atoms with Gasteiger partial charge < -0.3 is 9.84 Å². The highest BCUT2D eigenvalue weighted by Gasteiger charge is 2.17. The smallest absolute Gasteiger partial charge is 0.162 e. The van der Waals surface area contributed by atoms with E-state index >= 15 is 0 Å². The van der Waals surface area contributed by atoms with Crippen molar-refractivity contribution >= 4 is 0 Å². The molecule has 1 aromatic heterocycles. The molecule has 1 unspecified atom stereocenters. The Bertz CT molecular complexity index is 575. The van der Waals surface area contributed by atoms with Crippen LogP contribution >= 0.6 is 0 Å². The number of methoxy groups -OCH3 is 1. The van der Waals surface area contributed by atoms with Crippen molar-refractivity contribution in [3.63, 3.8) is 0 Å². The summed E-state index contributed by atoms with van der Waals surface area (Å²) in [5.41, 5.74) is 0.604. The fraction of sp³-hybridized carbons (Fsp3) is 0.214. The van der Waals surface area contributed by atoms with Gasteiger partial charge >= 0.3 is 0 Å². The monoisotopic (exact) mass is 265 g/mol. The molecule has 100 valence electrons. The van der Waals surface area contributed by atoms with Gasteiger partial charge in [0.15, 0.2) is 11.6 Å². The molecule has 1 aromatic carbocycles. The van der Waals surface area contributed by atoms with Crippen molar-refractivity contribution in [3.05, 3.63) is 59.4 Å². The summed E-state index contributed by atoms with van der Waals surface area (Å²) in [6.45, 7) is 0. The molecule has 0 aliphatic carbocycles. The maximum Gasteiger partial charge on any atom is 0.162 e. The fourth-order valence-electron chi connectivity index (χ4n) is 1.86. The van der Waals surface area contributed by atoms with Gasteiger partial charge in [-0.15, -0.1) is 0 Å². The molecule has 1 N–H and O–H groups in total. The number of aliphatic hydroxyl groups is 1. The van der Waals surface area contributed by atoms with Crippen molar-refractivity contribution in [2.45, 2.75) is 12.5 Å². The quantitative estimate of drug-likeness (QED) is 0.924. The van der Waals surface area contributed by atoms with Crippen molar-refractivity contribution in [2.75, 3.05) is 7.11 Å². The van der Waals surface area contributed by atoms with Crippen LogP contribution in [0.2, 0.25) is 0 Å². The van der Waals surface area contributed by atoms with Gasteiger partial charge in [-0.1, -0.05) is 12.1 Å². The van der Waals surface area contributed by atoms with Crippen molar-refractivity contribution < 1.29 is 18.6 Å². The number of ether oxygens (including phenoxy) is 1. The number of aliphatic hydroxyl groups excluding tert-OH is 1. The van der Waals surface area contributed by atoms with Crippen LogP contribution in [0.15, 0.2) is 36.7 Å². The highest BCUT2D eigenvalue weighted by atomic mass is 19.2. The van der Waals surface area contributed by atoms with Crippen molar-refractivity contribution in [3.8, 4) is 5.75 Å². The Hall–Kier alpha value is -2.01. The normalized spacial score (nSPS) is 12.2. The molecule has 0 radical (unpaired) electrons. The summed E-state index contributed by atoms with van der Waals surface area (Å²) >= 11 is 0. The SMILES string of the molecule is COc1cnccc1C(O)Cc1cccc(F)c1F. The van der Waals surface area contributed by atoms with E-state index < -0.39 is 17.7 Å². The maximum atomic E-state index is 13.5. The fourth-order valence-corrected chi connectivity index (χ4v) is 1.86. The van der Waals surface area contributed by atoms with Gasteiger partial charge in [0.1, 0.15) is 5.75 Å². The van der Waals surface area contributed by atoms with Gasteiger partial charge in [0.05, 0.1) is 19.4 Å². The molecule has 0 aliphatic heterocycles. The number of hydrogen-bond acceptors (Lipinski definition) is 3. The lowest BCUT2D eigenvalue weighted by Crippen LogP contribution is -2.06. The molecule has 0 aliphatic rings. The van der Waals surface area contributed by atoms with Gasteiger partial charge in [-0.05, 0) is 17.7 Å². The first-order valence-corrected chi connectivity index (χ1v) is 5.72. The van der Waals surface area contributed by atoms with Crippen LogP contribution in [0, 0.1) is 11.6 Å². The van der Waals surface area contributed by atoms with E-state index in [9.17, 15) is 13.9 Å². The molecule has 1 atom stereocenters. The molecule has 3 nitrogen and oxygen atoms in total. The average molecular weight is 265 g/mol. The van der Waals surface area contributed by atoms with Crippen LogP contribution in [0.4, 0.5) is 8.78 Å². The minimum absolute atomic E-state index is 0.0377. The number of pyridine rings is 1. The summed E-state index contributed by atoms with van der Waals surface area (Å²) in [4.78, 5) is 3.87. The number of nitrogens with zero attached hydrogens (tertiary/aromatic N) is 1. The number of rotatable bonds is 4. The van der Waals surface area contributed by atoms with E-state index in [2.05, 4.69) is 4.98 Å². The Kier molecular flexibility index (Phi) is 4.06. The first kappa shape index (κ1) is 13.4. The Labute approximate surface area is 109 Å². The van der Waals surface area contributed by atoms with E-state index in [1.807, 2.05) is 0 Å². The Morgan fingerprint density at radius 3 is 2.84 bits per heavy atom. The molecule has 19 heavy (non-hydrogen) atoms. The summed E-state index contributed by atoms with van der Waals surface area (Å²) in [6, 6.07) is 5.47. The zero-order chi connectivity index (χ0) is 13.8. The molecule has 0 saturated heterocycles. The largest absolute Gasteiger partial charge is 0.495 e. The molecule has 0 spiro atoms. The predicted molar refractivity (Wildman–Crippen MR) is 65.8 cm³/mol. The van der Waals surface area contributed by atoms with Crippen LogP contribution in [0.3, 0.4) is 0 Å². The van der Waals surface area contributed by atoms with Gasteiger partial charge in [-0.2, -0.15) is 0 Å². The van der Waals surface area contributed by atoms with E-state index in [0.717, 1.165) is 6.07 Å². The zero-order valence-electron chi connectivity index (χ0n) is 10.3. The van der Waals surface area contributed by atoms with Gasteiger partial charge in [0, 0.05) is 18.2 Å². The molecule has 2 rings (SSSR count). The van der Waals surface area contributed by atoms with Crippen LogP contribution in [0.5, 0.6) is 5.75 Å². The third-order valence-electron chi connectivity index (χ3n) is 2.84.